The molecule has 1 aromatic carbocycles. The molecule has 0 saturated heterocycles. The Labute approximate surface area is 139 Å². The van der Waals surface area contributed by atoms with E-state index in [1.165, 1.54) is 0 Å². The van der Waals surface area contributed by atoms with Crippen molar-refractivity contribution in [2.45, 2.75) is 19.8 Å². The number of nitrogens with one attached hydrogen (secondary N) is 3. The van der Waals surface area contributed by atoms with Crippen LogP contribution in [0.4, 0.5) is 5.69 Å². The number of rotatable bonds is 7. The number of anilines is 1. The average Bonchev–Trinajstić information content (AvgIpc) is 2.40. The van der Waals surface area contributed by atoms with E-state index in [-0.39, 0.29) is 30.8 Å². The Bertz CT molecular complexity index is 483. The fourth-order valence-electron chi connectivity index (χ4n) is 1.65. The lowest BCUT2D eigenvalue weighted by Crippen LogP contribution is -2.33. The van der Waals surface area contributed by atoms with E-state index in [9.17, 15) is 9.59 Å². The molecule has 5 nitrogen and oxygen atoms in total. The van der Waals surface area contributed by atoms with Gasteiger partial charge in [0.25, 0.3) is 0 Å². The third-order valence-corrected chi connectivity index (χ3v) is 3.23. The Morgan fingerprint density at radius 2 is 1.95 bits per heavy atom. The molecule has 0 fully saturated rings. The van der Waals surface area contributed by atoms with Crippen LogP contribution < -0.4 is 16.0 Å². The van der Waals surface area contributed by atoms with E-state index in [2.05, 4.69) is 31.9 Å². The van der Waals surface area contributed by atoms with Crippen molar-refractivity contribution in [3.05, 3.63) is 28.2 Å². The molecule has 7 heteroatoms. The standard InChI is InChI=1S/C14H20BrN3O2.ClH/c1-10-8-11(15)5-6-12(10)18-14(20)9-17-13(19)4-3-7-16-2;/h5-6,8,16H,3-4,7,9H2,1-2H3,(H,17,19)(H,18,20);1H. The van der Waals surface area contributed by atoms with E-state index in [4.69, 9.17) is 0 Å². The van der Waals surface area contributed by atoms with E-state index in [0.717, 1.165) is 28.7 Å². The number of benzene rings is 1. The number of hydrogen-bond acceptors (Lipinski definition) is 3. The molecule has 118 valence electrons. The lowest BCUT2D eigenvalue weighted by atomic mass is 10.2. The molecule has 0 heterocycles. The van der Waals surface area contributed by atoms with Gasteiger partial charge in [0.2, 0.25) is 11.8 Å². The minimum Gasteiger partial charge on any atom is -0.347 e. The van der Waals surface area contributed by atoms with Crippen molar-refractivity contribution in [1.82, 2.24) is 10.6 Å². The van der Waals surface area contributed by atoms with Gasteiger partial charge in [0.05, 0.1) is 6.54 Å². The van der Waals surface area contributed by atoms with E-state index in [1.54, 1.807) is 0 Å². The maximum Gasteiger partial charge on any atom is 0.243 e. The van der Waals surface area contributed by atoms with Gasteiger partial charge in [-0.15, -0.1) is 12.4 Å². The van der Waals surface area contributed by atoms with Gasteiger partial charge >= 0.3 is 0 Å². The van der Waals surface area contributed by atoms with Crippen molar-refractivity contribution in [3.8, 4) is 0 Å². The van der Waals surface area contributed by atoms with Crippen molar-refractivity contribution in [1.29, 1.82) is 0 Å². The molecule has 0 aromatic heterocycles. The molecule has 0 aliphatic heterocycles. The molecular weight excluding hydrogens is 358 g/mol. The molecule has 0 radical (unpaired) electrons. The van der Waals surface area contributed by atoms with Crippen LogP contribution in [0.2, 0.25) is 0 Å². The molecule has 0 unspecified atom stereocenters. The smallest absolute Gasteiger partial charge is 0.243 e. The fourth-order valence-corrected chi connectivity index (χ4v) is 2.13. The molecule has 1 rings (SSSR count). The Balaban J connectivity index is 0.00000400. The van der Waals surface area contributed by atoms with Gasteiger partial charge in [-0.1, -0.05) is 15.9 Å². The zero-order chi connectivity index (χ0) is 15.0. The molecule has 0 spiro atoms. The Morgan fingerprint density at radius 3 is 2.57 bits per heavy atom. The first-order valence-corrected chi connectivity index (χ1v) is 7.29. The summed E-state index contributed by atoms with van der Waals surface area (Å²) in [5, 5.41) is 8.35. The van der Waals surface area contributed by atoms with E-state index in [1.807, 2.05) is 32.2 Å². The summed E-state index contributed by atoms with van der Waals surface area (Å²) < 4.78 is 0.964. The lowest BCUT2D eigenvalue weighted by Gasteiger charge is -2.09. The van der Waals surface area contributed by atoms with Crippen LogP contribution in [0.15, 0.2) is 22.7 Å². The van der Waals surface area contributed by atoms with Gasteiger partial charge in [-0.05, 0) is 50.7 Å². The first-order chi connectivity index (χ1) is 9.52. The Morgan fingerprint density at radius 1 is 1.24 bits per heavy atom. The molecule has 21 heavy (non-hydrogen) atoms. The fraction of sp³-hybridized carbons (Fsp3) is 0.429. The highest BCUT2D eigenvalue weighted by atomic mass is 79.9. The summed E-state index contributed by atoms with van der Waals surface area (Å²) in [6.07, 6.45) is 1.18. The highest BCUT2D eigenvalue weighted by Crippen LogP contribution is 2.19. The zero-order valence-corrected chi connectivity index (χ0v) is 14.6. The third-order valence-electron chi connectivity index (χ3n) is 2.74. The summed E-state index contributed by atoms with van der Waals surface area (Å²) >= 11 is 3.37. The van der Waals surface area contributed by atoms with Crippen LogP contribution >= 0.6 is 28.3 Å². The topological polar surface area (TPSA) is 70.2 Å². The van der Waals surface area contributed by atoms with Crippen LogP contribution in [0, 0.1) is 6.92 Å². The van der Waals surface area contributed by atoms with Crippen LogP contribution in [0.5, 0.6) is 0 Å². The van der Waals surface area contributed by atoms with Gasteiger partial charge < -0.3 is 16.0 Å². The zero-order valence-electron chi connectivity index (χ0n) is 12.2. The number of carbonyl (C=O) groups is 2. The summed E-state index contributed by atoms with van der Waals surface area (Å²) in [4.78, 5) is 23.2. The van der Waals surface area contributed by atoms with Gasteiger partial charge in [-0.2, -0.15) is 0 Å². The second-order valence-electron chi connectivity index (χ2n) is 4.49. The maximum absolute atomic E-state index is 11.7. The highest BCUT2D eigenvalue weighted by molar-refractivity contribution is 9.10. The quantitative estimate of drug-likeness (QED) is 0.637. The minimum absolute atomic E-state index is 0. The second-order valence-corrected chi connectivity index (χ2v) is 5.41. The van der Waals surface area contributed by atoms with Crippen LogP contribution in [0.25, 0.3) is 0 Å². The number of aryl methyl sites for hydroxylation is 1. The predicted molar refractivity (Wildman–Crippen MR) is 90.9 cm³/mol. The molecule has 0 saturated carbocycles. The lowest BCUT2D eigenvalue weighted by molar-refractivity contribution is -0.124. The maximum atomic E-state index is 11.7. The third kappa shape index (κ3) is 8.04. The predicted octanol–water partition coefficient (Wildman–Crippen LogP) is 2.23. The molecule has 0 bridgehead atoms. The van der Waals surface area contributed by atoms with E-state index >= 15 is 0 Å². The molecule has 0 aliphatic carbocycles. The molecule has 3 N–H and O–H groups in total. The molecule has 0 atom stereocenters. The summed E-state index contributed by atoms with van der Waals surface area (Å²) in [6.45, 7) is 2.70. The second kappa shape index (κ2) is 10.6. The summed E-state index contributed by atoms with van der Waals surface area (Å²) in [7, 11) is 1.84. The van der Waals surface area contributed by atoms with Crippen LogP contribution in [-0.4, -0.2) is 32.0 Å². The van der Waals surface area contributed by atoms with Crippen molar-refractivity contribution in [2.75, 3.05) is 25.5 Å². The van der Waals surface area contributed by atoms with E-state index in [0.29, 0.717) is 6.42 Å². The van der Waals surface area contributed by atoms with Gasteiger partial charge in [-0.3, -0.25) is 9.59 Å². The Kier molecular flexibility index (Phi) is 10.0. The summed E-state index contributed by atoms with van der Waals surface area (Å²) in [5.41, 5.74) is 1.72. The number of carbonyl (C=O) groups excluding carboxylic acids is 2. The average molecular weight is 379 g/mol. The molecular formula is C14H21BrClN3O2. The van der Waals surface area contributed by atoms with E-state index < -0.39 is 0 Å². The van der Waals surface area contributed by atoms with Crippen molar-refractivity contribution >= 4 is 45.8 Å². The monoisotopic (exact) mass is 377 g/mol. The Hall–Kier alpha value is -1.11. The minimum atomic E-state index is -0.225. The first kappa shape index (κ1) is 19.9. The van der Waals surface area contributed by atoms with Crippen molar-refractivity contribution in [3.63, 3.8) is 0 Å². The van der Waals surface area contributed by atoms with Gasteiger partial charge in [0.15, 0.2) is 0 Å². The van der Waals surface area contributed by atoms with Crippen molar-refractivity contribution < 1.29 is 9.59 Å². The number of amides is 2. The SMILES string of the molecule is CNCCCC(=O)NCC(=O)Nc1ccc(Br)cc1C.Cl. The first-order valence-electron chi connectivity index (χ1n) is 6.50. The van der Waals surface area contributed by atoms with Crippen LogP contribution in [0.1, 0.15) is 18.4 Å². The van der Waals surface area contributed by atoms with Crippen LogP contribution in [0.3, 0.4) is 0 Å². The largest absolute Gasteiger partial charge is 0.347 e. The van der Waals surface area contributed by atoms with Gasteiger partial charge in [-0.25, -0.2) is 0 Å². The van der Waals surface area contributed by atoms with Gasteiger partial charge in [0, 0.05) is 16.6 Å². The van der Waals surface area contributed by atoms with Crippen molar-refractivity contribution in [2.24, 2.45) is 0 Å². The summed E-state index contributed by atoms with van der Waals surface area (Å²) in [5.74, 6) is -0.333. The van der Waals surface area contributed by atoms with Crippen LogP contribution in [-0.2, 0) is 9.59 Å². The number of hydrogen-bond donors (Lipinski definition) is 3. The molecule has 2 amide bonds. The summed E-state index contributed by atoms with van der Waals surface area (Å²) in [6, 6.07) is 5.61. The highest BCUT2D eigenvalue weighted by Gasteiger charge is 2.07. The normalized spacial score (nSPS) is 9.67. The molecule has 0 aliphatic rings. The van der Waals surface area contributed by atoms with Gasteiger partial charge in [0.1, 0.15) is 0 Å². The number of halogens is 2. The molecule has 1 aromatic rings.